The molecule has 0 bridgehead atoms. The van der Waals surface area contributed by atoms with E-state index in [1.54, 1.807) is 19.9 Å². The molecule has 3 aromatic rings. The van der Waals surface area contributed by atoms with Crippen molar-refractivity contribution in [2.24, 2.45) is 0 Å². The molecule has 0 amide bonds. The van der Waals surface area contributed by atoms with Gasteiger partial charge in [0.05, 0.1) is 11.5 Å². The Morgan fingerprint density at radius 3 is 2.56 bits per heavy atom. The van der Waals surface area contributed by atoms with E-state index in [2.05, 4.69) is 10.1 Å². The highest BCUT2D eigenvalue weighted by molar-refractivity contribution is 7.91. The van der Waals surface area contributed by atoms with Crippen LogP contribution in [0.25, 0.3) is 5.65 Å². The molecule has 0 unspecified atom stereocenters. The number of benzene rings is 1. The van der Waals surface area contributed by atoms with Crippen LogP contribution in [-0.4, -0.2) is 41.3 Å². The summed E-state index contributed by atoms with van der Waals surface area (Å²) < 4.78 is 46.0. The zero-order chi connectivity index (χ0) is 18.2. The largest absolute Gasteiger partial charge is 0.473 e. The second-order valence-corrected chi connectivity index (χ2v) is 7.32. The molecular weight excluding hydrogens is 349 g/mol. The van der Waals surface area contributed by atoms with Crippen molar-refractivity contribution in [2.75, 3.05) is 13.2 Å². The zero-order valence-corrected chi connectivity index (χ0v) is 14.4. The lowest BCUT2D eigenvalue weighted by Crippen LogP contribution is -2.08. The van der Waals surface area contributed by atoms with Crippen LogP contribution in [0.5, 0.6) is 5.88 Å². The third kappa shape index (κ3) is 3.08. The average Bonchev–Trinajstić information content (AvgIpc) is 2.92. The fourth-order valence-electron chi connectivity index (χ4n) is 2.49. The van der Waals surface area contributed by atoms with Crippen molar-refractivity contribution in [1.82, 2.24) is 14.6 Å². The molecule has 1 N–H and O–H groups in total. The predicted octanol–water partition coefficient (Wildman–Crippen LogP) is 1.69. The second-order valence-electron chi connectivity index (χ2n) is 5.44. The molecule has 7 nitrogen and oxygen atoms in total. The van der Waals surface area contributed by atoms with Crippen molar-refractivity contribution in [2.45, 2.75) is 23.6 Å². The van der Waals surface area contributed by atoms with Crippen LogP contribution in [0.15, 0.2) is 40.1 Å². The normalized spacial score (nSPS) is 11.8. The standard InChI is InChI=1S/C16H16FN3O4S/c1-10-9-11(2)20-15(18-10)14(16(19-20)24-8-7-21)25(22,23)13-5-3-12(17)4-6-13/h3-6,9,21H,7-8H2,1-2H3. The lowest BCUT2D eigenvalue weighted by molar-refractivity contribution is 0.193. The number of rotatable bonds is 5. The molecule has 0 radical (unpaired) electrons. The van der Waals surface area contributed by atoms with Gasteiger partial charge in [0.2, 0.25) is 9.84 Å². The SMILES string of the molecule is Cc1cc(C)n2nc(OCCO)c(S(=O)(=O)c3ccc(F)cc3)c2n1. The summed E-state index contributed by atoms with van der Waals surface area (Å²) in [6.07, 6.45) is 0. The first kappa shape index (κ1) is 17.3. The van der Waals surface area contributed by atoms with Gasteiger partial charge in [-0.1, -0.05) is 0 Å². The van der Waals surface area contributed by atoms with Crippen LogP contribution in [0.3, 0.4) is 0 Å². The van der Waals surface area contributed by atoms with Gasteiger partial charge in [-0.15, -0.1) is 5.10 Å². The summed E-state index contributed by atoms with van der Waals surface area (Å²) in [6, 6.07) is 6.23. The topological polar surface area (TPSA) is 93.8 Å². The summed E-state index contributed by atoms with van der Waals surface area (Å²) >= 11 is 0. The van der Waals surface area contributed by atoms with E-state index in [1.807, 2.05) is 0 Å². The van der Waals surface area contributed by atoms with Gasteiger partial charge >= 0.3 is 0 Å². The number of fused-ring (bicyclic) bond motifs is 1. The molecule has 0 aliphatic rings. The molecule has 0 fully saturated rings. The van der Waals surface area contributed by atoms with E-state index >= 15 is 0 Å². The van der Waals surface area contributed by atoms with Crippen LogP contribution < -0.4 is 4.74 Å². The monoisotopic (exact) mass is 365 g/mol. The number of halogens is 1. The molecule has 25 heavy (non-hydrogen) atoms. The van der Waals surface area contributed by atoms with E-state index in [-0.39, 0.29) is 34.5 Å². The minimum Gasteiger partial charge on any atom is -0.473 e. The lowest BCUT2D eigenvalue weighted by Gasteiger charge is -2.06. The summed E-state index contributed by atoms with van der Waals surface area (Å²) in [5.41, 5.74) is 1.42. The van der Waals surface area contributed by atoms with Crippen molar-refractivity contribution in [3.63, 3.8) is 0 Å². The van der Waals surface area contributed by atoms with E-state index in [0.717, 1.165) is 12.1 Å². The molecule has 9 heteroatoms. The Bertz CT molecular complexity index is 1030. The third-order valence-corrected chi connectivity index (χ3v) is 5.33. The molecule has 0 aliphatic carbocycles. The number of aliphatic hydroxyl groups is 1. The smallest absolute Gasteiger partial charge is 0.255 e. The molecule has 3 rings (SSSR count). The van der Waals surface area contributed by atoms with E-state index < -0.39 is 15.7 Å². The summed E-state index contributed by atoms with van der Waals surface area (Å²) in [7, 11) is -4.05. The quantitative estimate of drug-likeness (QED) is 0.692. The van der Waals surface area contributed by atoms with Crippen molar-refractivity contribution < 1.29 is 22.7 Å². The molecule has 132 valence electrons. The van der Waals surface area contributed by atoms with E-state index in [9.17, 15) is 12.8 Å². The maximum Gasteiger partial charge on any atom is 0.255 e. The minimum atomic E-state index is -4.05. The Hall–Kier alpha value is -2.52. The average molecular weight is 365 g/mol. The van der Waals surface area contributed by atoms with Gasteiger partial charge in [-0.25, -0.2) is 22.3 Å². The number of ether oxygens (including phenoxy) is 1. The first-order chi connectivity index (χ1) is 11.8. The second kappa shape index (κ2) is 6.41. The number of aliphatic hydroxyl groups excluding tert-OH is 1. The van der Waals surface area contributed by atoms with Crippen molar-refractivity contribution in [3.05, 3.63) is 47.5 Å². The summed E-state index contributed by atoms with van der Waals surface area (Å²) in [6.45, 7) is 3.09. The molecule has 1 aromatic carbocycles. The highest BCUT2D eigenvalue weighted by Gasteiger charge is 2.30. The van der Waals surface area contributed by atoms with Crippen LogP contribution in [0.2, 0.25) is 0 Å². The Balaban J connectivity index is 2.30. The van der Waals surface area contributed by atoms with Gasteiger partial charge in [0.25, 0.3) is 5.88 Å². The summed E-state index contributed by atoms with van der Waals surface area (Å²) in [4.78, 5) is 3.97. The van der Waals surface area contributed by atoms with Crippen LogP contribution in [0, 0.1) is 19.7 Å². The molecule has 0 spiro atoms. The number of aromatic nitrogens is 3. The first-order valence-corrected chi connectivity index (χ1v) is 8.94. The molecule has 0 aliphatic heterocycles. The zero-order valence-electron chi connectivity index (χ0n) is 13.6. The molecule has 2 aromatic heterocycles. The summed E-state index contributed by atoms with van der Waals surface area (Å²) in [5.74, 6) is -0.694. The van der Waals surface area contributed by atoms with Crippen molar-refractivity contribution >= 4 is 15.5 Å². The van der Waals surface area contributed by atoms with Crippen LogP contribution in [0.4, 0.5) is 4.39 Å². The van der Waals surface area contributed by atoms with Crippen molar-refractivity contribution in [1.29, 1.82) is 0 Å². The number of sulfone groups is 1. The number of aryl methyl sites for hydroxylation is 2. The Kier molecular flexibility index (Phi) is 4.44. The van der Waals surface area contributed by atoms with E-state index in [4.69, 9.17) is 9.84 Å². The van der Waals surface area contributed by atoms with Gasteiger partial charge in [0.15, 0.2) is 10.5 Å². The minimum absolute atomic E-state index is 0.0985. The van der Waals surface area contributed by atoms with Crippen LogP contribution >= 0.6 is 0 Å². The van der Waals surface area contributed by atoms with Crippen LogP contribution in [0.1, 0.15) is 11.4 Å². The third-order valence-electron chi connectivity index (χ3n) is 3.55. The first-order valence-electron chi connectivity index (χ1n) is 7.46. The number of nitrogens with zero attached hydrogens (tertiary/aromatic N) is 3. The van der Waals surface area contributed by atoms with Gasteiger partial charge in [-0.2, -0.15) is 0 Å². The van der Waals surface area contributed by atoms with Gasteiger partial charge in [-0.3, -0.25) is 0 Å². The molecule has 2 heterocycles. The van der Waals surface area contributed by atoms with Gasteiger partial charge in [-0.05, 0) is 44.2 Å². The lowest BCUT2D eigenvalue weighted by atomic mass is 10.3. The van der Waals surface area contributed by atoms with Gasteiger partial charge in [0, 0.05) is 11.4 Å². The van der Waals surface area contributed by atoms with Crippen molar-refractivity contribution in [3.8, 4) is 5.88 Å². The van der Waals surface area contributed by atoms with Gasteiger partial charge < -0.3 is 9.84 Å². The molecule has 0 atom stereocenters. The predicted molar refractivity (Wildman–Crippen MR) is 86.9 cm³/mol. The van der Waals surface area contributed by atoms with Gasteiger partial charge in [0.1, 0.15) is 12.4 Å². The van der Waals surface area contributed by atoms with E-state index in [0.29, 0.717) is 11.4 Å². The highest BCUT2D eigenvalue weighted by Crippen LogP contribution is 2.32. The maximum atomic E-state index is 13.1. The summed E-state index contributed by atoms with van der Waals surface area (Å²) in [5, 5.41) is 13.1. The molecular formula is C16H16FN3O4S. The Labute approximate surface area is 143 Å². The fraction of sp³-hybridized carbons (Fsp3) is 0.250. The highest BCUT2D eigenvalue weighted by atomic mass is 32.2. The maximum absolute atomic E-state index is 13.1. The fourth-order valence-corrected chi connectivity index (χ4v) is 3.92. The van der Waals surface area contributed by atoms with E-state index in [1.165, 1.54) is 16.6 Å². The Morgan fingerprint density at radius 2 is 1.92 bits per heavy atom. The Morgan fingerprint density at radius 1 is 1.24 bits per heavy atom. The van der Waals surface area contributed by atoms with Crippen LogP contribution in [-0.2, 0) is 9.84 Å². The molecule has 0 saturated carbocycles. The molecule has 0 saturated heterocycles. The number of hydrogen-bond acceptors (Lipinski definition) is 6. The number of hydrogen-bond donors (Lipinski definition) is 1.